The van der Waals surface area contributed by atoms with Crippen molar-refractivity contribution < 1.29 is 14.7 Å². The highest BCUT2D eigenvalue weighted by Gasteiger charge is 2.09. The van der Waals surface area contributed by atoms with Crippen LogP contribution in [0.4, 0.5) is 10.5 Å². The molecule has 0 unspecified atom stereocenters. The Labute approximate surface area is 108 Å². The second-order valence-corrected chi connectivity index (χ2v) is 3.94. The summed E-state index contributed by atoms with van der Waals surface area (Å²) >= 11 is 11.7. The summed E-state index contributed by atoms with van der Waals surface area (Å²) < 4.78 is 0. The average Bonchev–Trinajstić information content (AvgIpc) is 2.23. The van der Waals surface area contributed by atoms with E-state index in [0.717, 1.165) is 0 Å². The van der Waals surface area contributed by atoms with Gasteiger partial charge in [-0.1, -0.05) is 29.3 Å². The molecular weight excluding hydrogens is 267 g/mol. The summed E-state index contributed by atoms with van der Waals surface area (Å²) in [6, 6.07) is 4.26. The van der Waals surface area contributed by atoms with E-state index in [1.807, 2.05) is 0 Å². The number of carbonyl (C=O) groups excluding carboxylic acids is 1. The van der Waals surface area contributed by atoms with E-state index >= 15 is 0 Å². The molecule has 0 radical (unpaired) electrons. The molecule has 0 saturated carbocycles. The number of hydrogen-bond donors (Lipinski definition) is 3. The molecule has 5 nitrogen and oxygen atoms in total. The SMILES string of the molecule is O=C(O)CCNC(=O)Nc1c(Cl)cccc1Cl. The Balaban J connectivity index is 2.53. The fourth-order valence-electron chi connectivity index (χ4n) is 1.06. The van der Waals surface area contributed by atoms with Crippen molar-refractivity contribution in [2.45, 2.75) is 6.42 Å². The quantitative estimate of drug-likeness (QED) is 0.791. The summed E-state index contributed by atoms with van der Waals surface area (Å²) in [5.74, 6) is -0.985. The van der Waals surface area contributed by atoms with Crippen LogP contribution in [0.25, 0.3) is 0 Å². The predicted molar refractivity (Wildman–Crippen MR) is 65.7 cm³/mol. The second kappa shape index (κ2) is 6.32. The molecule has 0 aromatic heterocycles. The molecule has 2 amide bonds. The number of urea groups is 1. The number of amides is 2. The van der Waals surface area contributed by atoms with Crippen LogP contribution in [0.2, 0.25) is 10.0 Å². The zero-order valence-corrected chi connectivity index (χ0v) is 10.2. The number of carboxylic acid groups (broad SMARTS) is 1. The number of nitrogens with one attached hydrogen (secondary N) is 2. The van der Waals surface area contributed by atoms with Crippen LogP contribution >= 0.6 is 23.2 Å². The van der Waals surface area contributed by atoms with E-state index in [1.165, 1.54) is 0 Å². The Kier molecular flexibility index (Phi) is 5.06. The maximum absolute atomic E-state index is 11.4. The van der Waals surface area contributed by atoms with E-state index in [4.69, 9.17) is 28.3 Å². The van der Waals surface area contributed by atoms with Gasteiger partial charge >= 0.3 is 12.0 Å². The van der Waals surface area contributed by atoms with Gasteiger partial charge in [0.2, 0.25) is 0 Å². The van der Waals surface area contributed by atoms with Gasteiger partial charge in [-0.05, 0) is 12.1 Å². The number of para-hydroxylation sites is 1. The van der Waals surface area contributed by atoms with Crippen LogP contribution in [0.3, 0.4) is 0 Å². The van der Waals surface area contributed by atoms with Crippen molar-refractivity contribution in [1.29, 1.82) is 0 Å². The third-order valence-corrected chi connectivity index (χ3v) is 2.46. The molecular formula is C10H10Cl2N2O3. The van der Waals surface area contributed by atoms with Gasteiger partial charge in [0.25, 0.3) is 0 Å². The van der Waals surface area contributed by atoms with Crippen LogP contribution in [0.1, 0.15) is 6.42 Å². The van der Waals surface area contributed by atoms with Crippen LogP contribution in [0, 0.1) is 0 Å². The number of carboxylic acids is 1. The number of rotatable bonds is 4. The molecule has 7 heteroatoms. The minimum Gasteiger partial charge on any atom is -0.481 e. The summed E-state index contributed by atoms with van der Waals surface area (Å²) in [7, 11) is 0. The molecule has 0 bridgehead atoms. The molecule has 3 N–H and O–H groups in total. The maximum Gasteiger partial charge on any atom is 0.319 e. The van der Waals surface area contributed by atoms with Crippen LogP contribution in [-0.2, 0) is 4.79 Å². The number of carbonyl (C=O) groups is 2. The van der Waals surface area contributed by atoms with E-state index in [9.17, 15) is 9.59 Å². The lowest BCUT2D eigenvalue weighted by Gasteiger charge is -2.09. The van der Waals surface area contributed by atoms with E-state index < -0.39 is 12.0 Å². The minimum absolute atomic E-state index is 0.0310. The first-order valence-corrected chi connectivity index (χ1v) is 5.47. The lowest BCUT2D eigenvalue weighted by atomic mass is 10.3. The first kappa shape index (κ1) is 13.6. The molecule has 0 atom stereocenters. The Bertz CT molecular complexity index is 417. The first-order valence-electron chi connectivity index (χ1n) is 4.71. The van der Waals surface area contributed by atoms with Crippen LogP contribution in [0.15, 0.2) is 18.2 Å². The zero-order valence-electron chi connectivity index (χ0n) is 8.67. The van der Waals surface area contributed by atoms with Crippen molar-refractivity contribution in [3.05, 3.63) is 28.2 Å². The molecule has 0 saturated heterocycles. The van der Waals surface area contributed by atoms with E-state index in [2.05, 4.69) is 10.6 Å². The van der Waals surface area contributed by atoms with Crippen molar-refractivity contribution >= 4 is 40.9 Å². The average molecular weight is 277 g/mol. The van der Waals surface area contributed by atoms with E-state index in [0.29, 0.717) is 15.7 Å². The summed E-state index contributed by atoms with van der Waals surface area (Å²) in [6.07, 6.45) is -0.149. The highest BCUT2D eigenvalue weighted by molar-refractivity contribution is 6.39. The molecule has 0 aliphatic carbocycles. The third kappa shape index (κ3) is 4.50. The number of hydrogen-bond acceptors (Lipinski definition) is 2. The van der Waals surface area contributed by atoms with Gasteiger partial charge in [0.15, 0.2) is 0 Å². The van der Waals surface area contributed by atoms with Gasteiger partial charge in [0.1, 0.15) is 0 Å². The lowest BCUT2D eigenvalue weighted by Crippen LogP contribution is -2.30. The predicted octanol–water partition coefficient (Wildman–Crippen LogP) is 2.59. The van der Waals surface area contributed by atoms with Gasteiger partial charge in [-0.15, -0.1) is 0 Å². The largest absolute Gasteiger partial charge is 0.481 e. The molecule has 0 spiro atoms. The van der Waals surface area contributed by atoms with Gasteiger partial charge in [-0.25, -0.2) is 4.79 Å². The Morgan fingerprint density at radius 1 is 1.24 bits per heavy atom. The standard InChI is InChI=1S/C10H10Cl2N2O3/c11-6-2-1-3-7(12)9(6)14-10(17)13-5-4-8(15)16/h1-3H,4-5H2,(H,15,16)(H2,13,14,17). The second-order valence-electron chi connectivity index (χ2n) is 3.12. The van der Waals surface area contributed by atoms with Crippen molar-refractivity contribution in [3.8, 4) is 0 Å². The minimum atomic E-state index is -0.985. The zero-order chi connectivity index (χ0) is 12.8. The summed E-state index contributed by atoms with van der Waals surface area (Å²) in [5, 5.41) is 13.8. The van der Waals surface area contributed by atoms with Gasteiger partial charge in [0, 0.05) is 6.54 Å². The van der Waals surface area contributed by atoms with Gasteiger partial charge in [-0.2, -0.15) is 0 Å². The van der Waals surface area contributed by atoms with Crippen molar-refractivity contribution in [2.24, 2.45) is 0 Å². The van der Waals surface area contributed by atoms with Crippen LogP contribution < -0.4 is 10.6 Å². The van der Waals surface area contributed by atoms with Gasteiger partial charge < -0.3 is 15.7 Å². The summed E-state index contributed by atoms with van der Waals surface area (Å²) in [6.45, 7) is 0.0310. The smallest absolute Gasteiger partial charge is 0.319 e. The van der Waals surface area contributed by atoms with Crippen molar-refractivity contribution in [2.75, 3.05) is 11.9 Å². The van der Waals surface area contributed by atoms with Crippen molar-refractivity contribution in [3.63, 3.8) is 0 Å². The lowest BCUT2D eigenvalue weighted by molar-refractivity contribution is -0.136. The number of anilines is 1. The van der Waals surface area contributed by atoms with Crippen LogP contribution in [-0.4, -0.2) is 23.7 Å². The number of halogens is 2. The molecule has 17 heavy (non-hydrogen) atoms. The molecule has 1 aromatic rings. The van der Waals surface area contributed by atoms with Crippen LogP contribution in [0.5, 0.6) is 0 Å². The molecule has 0 heterocycles. The Morgan fingerprint density at radius 3 is 2.35 bits per heavy atom. The van der Waals surface area contributed by atoms with E-state index in [-0.39, 0.29) is 13.0 Å². The topological polar surface area (TPSA) is 78.4 Å². The molecule has 92 valence electrons. The Morgan fingerprint density at radius 2 is 1.82 bits per heavy atom. The molecule has 1 aromatic carbocycles. The van der Waals surface area contributed by atoms with Gasteiger partial charge in [-0.3, -0.25) is 4.79 Å². The molecule has 1 rings (SSSR count). The normalized spacial score (nSPS) is 9.76. The van der Waals surface area contributed by atoms with Gasteiger partial charge in [0.05, 0.1) is 22.2 Å². The Hall–Kier alpha value is -1.46. The first-order chi connectivity index (χ1) is 8.00. The highest BCUT2D eigenvalue weighted by atomic mass is 35.5. The highest BCUT2D eigenvalue weighted by Crippen LogP contribution is 2.29. The monoisotopic (exact) mass is 276 g/mol. The summed E-state index contributed by atoms with van der Waals surface area (Å²) in [5.41, 5.74) is 0.295. The fraction of sp³-hybridized carbons (Fsp3) is 0.200. The fourth-order valence-corrected chi connectivity index (χ4v) is 1.55. The van der Waals surface area contributed by atoms with Crippen molar-refractivity contribution in [1.82, 2.24) is 5.32 Å². The third-order valence-electron chi connectivity index (χ3n) is 1.83. The molecule has 0 aliphatic heterocycles. The number of benzene rings is 1. The number of aliphatic carboxylic acids is 1. The molecule has 0 aliphatic rings. The maximum atomic E-state index is 11.4. The van der Waals surface area contributed by atoms with E-state index in [1.54, 1.807) is 18.2 Å². The summed E-state index contributed by atoms with van der Waals surface area (Å²) in [4.78, 5) is 21.6. The molecule has 0 fully saturated rings.